The number of phosphoric ester groups is 1. The van der Waals surface area contributed by atoms with Gasteiger partial charge in [0, 0.05) is 12.8 Å². The molecule has 0 saturated carbocycles. The maximum atomic E-state index is 12.6. The number of phosphoric acid groups is 1. The van der Waals surface area contributed by atoms with E-state index in [0.29, 0.717) is 12.8 Å². The van der Waals surface area contributed by atoms with Crippen molar-refractivity contribution < 1.29 is 37.6 Å². The molecule has 0 rings (SSSR count). The Morgan fingerprint density at radius 1 is 0.426 bits per heavy atom. The number of hydrogen-bond donors (Lipinski definition) is 1. The van der Waals surface area contributed by atoms with Crippen LogP contribution in [0.5, 0.6) is 0 Å². The van der Waals surface area contributed by atoms with E-state index in [-0.39, 0.29) is 25.6 Å². The first kappa shape index (κ1) is 59.5. The van der Waals surface area contributed by atoms with E-state index in [1.807, 2.05) is 0 Å². The van der Waals surface area contributed by atoms with E-state index in [1.165, 1.54) is 199 Å². The minimum Gasteiger partial charge on any atom is -0.462 e. The molecule has 8 nitrogen and oxygen atoms in total. The molecule has 0 heterocycles. The fourth-order valence-corrected chi connectivity index (χ4v) is 8.38. The number of allylic oxidation sites excluding steroid dienone is 4. The first-order valence-electron chi connectivity index (χ1n) is 26.1. The molecule has 0 aromatic rings. The summed E-state index contributed by atoms with van der Waals surface area (Å²) in [4.78, 5) is 34.9. The Morgan fingerprint density at radius 2 is 0.738 bits per heavy atom. The van der Waals surface area contributed by atoms with E-state index < -0.39 is 26.5 Å². The van der Waals surface area contributed by atoms with Crippen LogP contribution in [-0.2, 0) is 32.7 Å². The second-order valence-corrected chi connectivity index (χ2v) is 19.0. The summed E-state index contributed by atoms with van der Waals surface area (Å²) in [5.41, 5.74) is 0. The SMILES string of the molecule is CCCCCCCCC/C=C\CCCCCCCCCC(=O)OCC(COP(=O)(O)OCC)OC(=O)CCCCCCCCCCCCC/C=C\CCCCCCCCCC. The summed E-state index contributed by atoms with van der Waals surface area (Å²) < 4.78 is 32.8. The summed E-state index contributed by atoms with van der Waals surface area (Å²) >= 11 is 0. The monoisotopic (exact) mass is 883 g/mol. The van der Waals surface area contributed by atoms with Gasteiger partial charge in [-0.05, 0) is 71.1 Å². The molecule has 0 saturated heterocycles. The molecule has 0 fully saturated rings. The molecule has 360 valence electrons. The molecule has 61 heavy (non-hydrogen) atoms. The Bertz CT molecular complexity index is 1050. The van der Waals surface area contributed by atoms with Crippen molar-refractivity contribution in [3.63, 3.8) is 0 Å². The van der Waals surface area contributed by atoms with Crippen molar-refractivity contribution in [3.05, 3.63) is 24.3 Å². The molecule has 0 aliphatic carbocycles. The van der Waals surface area contributed by atoms with Gasteiger partial charge in [0.25, 0.3) is 0 Å². The van der Waals surface area contributed by atoms with Gasteiger partial charge in [-0.1, -0.05) is 212 Å². The minimum atomic E-state index is -4.28. The first-order valence-corrected chi connectivity index (χ1v) is 27.6. The molecule has 0 aliphatic heterocycles. The average Bonchev–Trinajstić information content (AvgIpc) is 3.24. The molecule has 0 aromatic heterocycles. The third-order valence-corrected chi connectivity index (χ3v) is 12.5. The molecule has 0 spiro atoms. The topological polar surface area (TPSA) is 108 Å². The second kappa shape index (κ2) is 48.0. The Morgan fingerprint density at radius 3 is 1.08 bits per heavy atom. The maximum absolute atomic E-state index is 12.6. The maximum Gasteiger partial charge on any atom is 0.472 e. The molecule has 2 unspecified atom stereocenters. The van der Waals surface area contributed by atoms with Crippen LogP contribution in [0.25, 0.3) is 0 Å². The van der Waals surface area contributed by atoms with Gasteiger partial charge in [-0.2, -0.15) is 0 Å². The lowest BCUT2D eigenvalue weighted by molar-refractivity contribution is -0.161. The molecule has 0 aliphatic rings. The molecule has 0 aromatic carbocycles. The number of hydrogen-bond acceptors (Lipinski definition) is 7. The molecule has 0 radical (unpaired) electrons. The number of esters is 2. The van der Waals surface area contributed by atoms with Crippen molar-refractivity contribution in [2.75, 3.05) is 19.8 Å². The zero-order chi connectivity index (χ0) is 44.6. The van der Waals surface area contributed by atoms with Crippen LogP contribution in [0, 0.1) is 0 Å². The van der Waals surface area contributed by atoms with Crippen molar-refractivity contribution in [1.29, 1.82) is 0 Å². The predicted molar refractivity (Wildman–Crippen MR) is 258 cm³/mol. The first-order chi connectivity index (χ1) is 29.8. The summed E-state index contributed by atoms with van der Waals surface area (Å²) in [6.07, 6.45) is 55.3. The molecule has 9 heteroatoms. The van der Waals surface area contributed by atoms with Crippen LogP contribution in [0.1, 0.15) is 271 Å². The summed E-state index contributed by atoms with van der Waals surface area (Å²) in [5.74, 6) is -0.791. The van der Waals surface area contributed by atoms with Crippen molar-refractivity contribution in [2.24, 2.45) is 0 Å². The molecule has 0 bridgehead atoms. The lowest BCUT2D eigenvalue weighted by atomic mass is 10.0. The predicted octanol–water partition coefficient (Wildman–Crippen LogP) is 17.0. The number of unbranched alkanes of at least 4 members (excludes halogenated alkanes) is 33. The zero-order valence-electron chi connectivity index (χ0n) is 40.3. The third-order valence-electron chi connectivity index (χ3n) is 11.5. The summed E-state index contributed by atoms with van der Waals surface area (Å²) in [6.45, 7) is 5.52. The van der Waals surface area contributed by atoms with Crippen LogP contribution in [0.4, 0.5) is 0 Å². The van der Waals surface area contributed by atoms with Crippen LogP contribution in [0.15, 0.2) is 24.3 Å². The van der Waals surface area contributed by atoms with E-state index in [1.54, 1.807) is 6.92 Å². The van der Waals surface area contributed by atoms with E-state index in [4.69, 9.17) is 18.5 Å². The molecule has 2 atom stereocenters. The van der Waals surface area contributed by atoms with Crippen molar-refractivity contribution in [2.45, 2.75) is 277 Å². The highest BCUT2D eigenvalue weighted by molar-refractivity contribution is 7.47. The molecular formula is C52H99O8P. The Balaban J connectivity index is 3.95. The molecule has 0 amide bonds. The molecular weight excluding hydrogens is 784 g/mol. The molecule has 1 N–H and O–H groups in total. The van der Waals surface area contributed by atoms with Gasteiger partial charge < -0.3 is 14.4 Å². The fraction of sp³-hybridized carbons (Fsp3) is 0.885. The lowest BCUT2D eigenvalue weighted by Crippen LogP contribution is -2.29. The second-order valence-electron chi connectivity index (χ2n) is 17.5. The fourth-order valence-electron chi connectivity index (χ4n) is 7.62. The number of carbonyl (C=O) groups is 2. The van der Waals surface area contributed by atoms with Gasteiger partial charge in [0.2, 0.25) is 0 Å². The van der Waals surface area contributed by atoms with Crippen LogP contribution in [0.2, 0.25) is 0 Å². The summed E-state index contributed by atoms with van der Waals surface area (Å²) in [6, 6.07) is 0. The van der Waals surface area contributed by atoms with E-state index in [9.17, 15) is 19.0 Å². The van der Waals surface area contributed by atoms with Crippen LogP contribution in [0.3, 0.4) is 0 Å². The highest BCUT2D eigenvalue weighted by Crippen LogP contribution is 2.43. The van der Waals surface area contributed by atoms with Gasteiger partial charge in [0.15, 0.2) is 6.10 Å². The van der Waals surface area contributed by atoms with Crippen molar-refractivity contribution in [1.82, 2.24) is 0 Å². The Hall–Kier alpha value is -1.47. The van der Waals surface area contributed by atoms with Crippen molar-refractivity contribution >= 4 is 19.8 Å². The lowest BCUT2D eigenvalue weighted by Gasteiger charge is -2.19. The quantitative estimate of drug-likeness (QED) is 0.0279. The highest BCUT2D eigenvalue weighted by Gasteiger charge is 2.25. The average molecular weight is 883 g/mol. The Labute approximate surface area is 377 Å². The van der Waals surface area contributed by atoms with E-state index in [2.05, 4.69) is 38.2 Å². The van der Waals surface area contributed by atoms with Gasteiger partial charge in [-0.3, -0.25) is 18.6 Å². The third kappa shape index (κ3) is 47.8. The number of carbonyl (C=O) groups excluding carboxylic acids is 2. The van der Waals surface area contributed by atoms with E-state index in [0.717, 1.165) is 32.1 Å². The standard InChI is InChI=1S/C52H99O8P/c1-4-7-9-11-13-15-17-19-21-23-25-26-27-28-29-31-33-35-37-39-41-43-45-47-52(54)60-50(49-59-61(55,56)58-6-3)48-57-51(53)46-44-42-40-38-36-34-32-30-24-22-20-18-16-14-12-10-8-5-2/h22-25,50H,4-21,26-49H2,1-3H3,(H,55,56)/b24-22-,25-23-. The zero-order valence-corrected chi connectivity index (χ0v) is 41.2. The van der Waals surface area contributed by atoms with E-state index >= 15 is 0 Å². The largest absolute Gasteiger partial charge is 0.472 e. The normalized spacial score (nSPS) is 13.3. The van der Waals surface area contributed by atoms with Gasteiger partial charge >= 0.3 is 19.8 Å². The summed E-state index contributed by atoms with van der Waals surface area (Å²) in [7, 11) is -4.28. The summed E-state index contributed by atoms with van der Waals surface area (Å²) in [5, 5.41) is 0. The van der Waals surface area contributed by atoms with Gasteiger partial charge in [0.1, 0.15) is 6.61 Å². The van der Waals surface area contributed by atoms with Crippen LogP contribution < -0.4 is 0 Å². The van der Waals surface area contributed by atoms with Gasteiger partial charge in [0.05, 0.1) is 13.2 Å². The Kier molecular flexibility index (Phi) is 46.8. The van der Waals surface area contributed by atoms with Crippen LogP contribution >= 0.6 is 7.82 Å². The number of rotatable bonds is 49. The smallest absolute Gasteiger partial charge is 0.462 e. The van der Waals surface area contributed by atoms with Gasteiger partial charge in [-0.25, -0.2) is 4.57 Å². The minimum absolute atomic E-state index is 0.00149. The van der Waals surface area contributed by atoms with Gasteiger partial charge in [-0.15, -0.1) is 0 Å². The van der Waals surface area contributed by atoms with Crippen molar-refractivity contribution in [3.8, 4) is 0 Å². The number of ether oxygens (including phenoxy) is 2. The van der Waals surface area contributed by atoms with Crippen LogP contribution in [-0.4, -0.2) is 42.8 Å². The highest BCUT2D eigenvalue weighted by atomic mass is 31.2.